The maximum atomic E-state index is 11.5. The molecule has 0 aromatic heterocycles. The number of likely N-dealkylation sites (N-methyl/N-ethyl adjacent to an activating group) is 1. The predicted octanol–water partition coefficient (Wildman–Crippen LogP) is 0.0100. The van der Waals surface area contributed by atoms with Gasteiger partial charge in [-0.25, -0.2) is 0 Å². The first-order valence-corrected chi connectivity index (χ1v) is 7.50. The van der Waals surface area contributed by atoms with Gasteiger partial charge in [-0.2, -0.15) is 0 Å². The average Bonchev–Trinajstić information content (AvgIpc) is 2.74. The largest absolute Gasteiger partial charge is 0.368 e. The number of carbonyl (C=O) groups is 1. The molecule has 2 saturated heterocycles. The van der Waals surface area contributed by atoms with E-state index in [1.807, 2.05) is 14.0 Å². The molecule has 0 aliphatic carbocycles. The van der Waals surface area contributed by atoms with Gasteiger partial charge < -0.3 is 16.0 Å². The van der Waals surface area contributed by atoms with Gasteiger partial charge in [-0.3, -0.25) is 9.69 Å². The van der Waals surface area contributed by atoms with E-state index < -0.39 is 5.54 Å². The number of hydrogen-bond donors (Lipinski definition) is 2. The van der Waals surface area contributed by atoms with E-state index >= 15 is 0 Å². The lowest BCUT2D eigenvalue weighted by Gasteiger charge is -2.30. The van der Waals surface area contributed by atoms with Crippen LogP contribution in [0.15, 0.2) is 0 Å². The third kappa shape index (κ3) is 3.46. The Bertz CT molecular complexity index is 323. The second kappa shape index (κ2) is 6.20. The third-order valence-corrected chi connectivity index (χ3v) is 4.91. The van der Waals surface area contributed by atoms with E-state index in [2.05, 4.69) is 15.1 Å². The lowest BCUT2D eigenvalue weighted by molar-refractivity contribution is -0.124. The second-order valence-electron chi connectivity index (χ2n) is 6.18. The maximum Gasteiger partial charge on any atom is 0.237 e. The maximum absolute atomic E-state index is 11.5. The molecule has 2 aliphatic rings. The number of nitrogens with two attached hydrogens (primary N) is 1. The molecule has 0 aromatic rings. The average molecular weight is 268 g/mol. The molecule has 2 atom stereocenters. The van der Waals surface area contributed by atoms with Crippen molar-refractivity contribution in [2.24, 2.45) is 5.73 Å². The van der Waals surface area contributed by atoms with Crippen molar-refractivity contribution in [3.63, 3.8) is 0 Å². The first-order chi connectivity index (χ1) is 9.05. The number of carbonyl (C=O) groups excluding carboxylic acids is 1. The zero-order valence-electron chi connectivity index (χ0n) is 12.3. The van der Waals surface area contributed by atoms with E-state index in [0.29, 0.717) is 0 Å². The van der Waals surface area contributed by atoms with Crippen LogP contribution in [0.1, 0.15) is 32.6 Å². The minimum atomic E-state index is -0.582. The first kappa shape index (κ1) is 14.8. The Kier molecular flexibility index (Phi) is 4.81. The fourth-order valence-corrected chi connectivity index (χ4v) is 3.24. The van der Waals surface area contributed by atoms with Gasteiger partial charge in [0.2, 0.25) is 5.91 Å². The fourth-order valence-electron chi connectivity index (χ4n) is 3.24. The van der Waals surface area contributed by atoms with Gasteiger partial charge in [0.05, 0.1) is 5.54 Å². The summed E-state index contributed by atoms with van der Waals surface area (Å²) in [6.45, 7) is 7.65. The summed E-state index contributed by atoms with van der Waals surface area (Å²) >= 11 is 0. The molecular weight excluding hydrogens is 240 g/mol. The number of nitrogens with zero attached hydrogens (tertiary/aromatic N) is 2. The molecule has 2 unspecified atom stereocenters. The summed E-state index contributed by atoms with van der Waals surface area (Å²) in [5.74, 6) is -0.257. The van der Waals surface area contributed by atoms with Gasteiger partial charge in [0.25, 0.3) is 0 Å². The monoisotopic (exact) mass is 268 g/mol. The molecule has 0 aromatic carbocycles. The highest BCUT2D eigenvalue weighted by Gasteiger charge is 2.32. The van der Waals surface area contributed by atoms with Crippen molar-refractivity contribution in [2.75, 3.05) is 39.8 Å². The molecule has 110 valence electrons. The number of hydrogen-bond acceptors (Lipinski definition) is 4. The summed E-state index contributed by atoms with van der Waals surface area (Å²) in [6, 6.07) is 0.733. The van der Waals surface area contributed by atoms with E-state index in [9.17, 15) is 4.79 Å². The standard InChI is InChI=1S/C14H28N4O/c1-14(16-2,13(15)19)6-10-17-7-4-9-18-8-3-5-12(18)11-17/h12,16H,3-11H2,1-2H3,(H2,15,19). The van der Waals surface area contributed by atoms with E-state index in [1.165, 1.54) is 32.4 Å². The molecule has 2 rings (SSSR count). The summed E-state index contributed by atoms with van der Waals surface area (Å²) in [7, 11) is 1.81. The van der Waals surface area contributed by atoms with Gasteiger partial charge in [-0.1, -0.05) is 0 Å². The Labute approximate surface area is 116 Å². The summed E-state index contributed by atoms with van der Waals surface area (Å²) in [4.78, 5) is 16.6. The number of fused-ring (bicyclic) bond motifs is 1. The van der Waals surface area contributed by atoms with Gasteiger partial charge >= 0.3 is 0 Å². The predicted molar refractivity (Wildman–Crippen MR) is 76.9 cm³/mol. The van der Waals surface area contributed by atoms with Crippen molar-refractivity contribution < 1.29 is 4.79 Å². The fraction of sp³-hybridized carbons (Fsp3) is 0.929. The molecular formula is C14H28N4O. The third-order valence-electron chi connectivity index (χ3n) is 4.91. The molecule has 0 bridgehead atoms. The molecule has 3 N–H and O–H groups in total. The van der Waals surface area contributed by atoms with E-state index in [0.717, 1.165) is 32.1 Å². The van der Waals surface area contributed by atoms with Crippen LogP contribution in [0.4, 0.5) is 0 Å². The van der Waals surface area contributed by atoms with Crippen molar-refractivity contribution >= 4 is 5.91 Å². The highest BCUT2D eigenvalue weighted by Crippen LogP contribution is 2.22. The Morgan fingerprint density at radius 3 is 2.79 bits per heavy atom. The van der Waals surface area contributed by atoms with Crippen LogP contribution in [-0.2, 0) is 4.79 Å². The number of rotatable bonds is 5. The minimum Gasteiger partial charge on any atom is -0.368 e. The lowest BCUT2D eigenvalue weighted by Crippen LogP contribution is -2.53. The summed E-state index contributed by atoms with van der Waals surface area (Å²) in [6.07, 6.45) is 4.69. The Balaban J connectivity index is 1.86. The molecule has 19 heavy (non-hydrogen) atoms. The van der Waals surface area contributed by atoms with Gasteiger partial charge in [0, 0.05) is 19.1 Å². The smallest absolute Gasteiger partial charge is 0.237 e. The van der Waals surface area contributed by atoms with Crippen LogP contribution in [0.2, 0.25) is 0 Å². The Morgan fingerprint density at radius 1 is 1.37 bits per heavy atom. The molecule has 2 aliphatic heterocycles. The SMILES string of the molecule is CNC(C)(CCN1CCCN2CCCC2C1)C(N)=O. The van der Waals surface area contributed by atoms with Crippen molar-refractivity contribution in [1.29, 1.82) is 0 Å². The van der Waals surface area contributed by atoms with Crippen LogP contribution >= 0.6 is 0 Å². The molecule has 0 spiro atoms. The van der Waals surface area contributed by atoms with E-state index in [1.54, 1.807) is 0 Å². The van der Waals surface area contributed by atoms with Crippen molar-refractivity contribution in [2.45, 2.75) is 44.2 Å². The molecule has 5 nitrogen and oxygen atoms in total. The number of nitrogens with one attached hydrogen (secondary N) is 1. The van der Waals surface area contributed by atoms with Crippen LogP contribution in [-0.4, -0.2) is 67.1 Å². The van der Waals surface area contributed by atoms with Crippen LogP contribution in [0.25, 0.3) is 0 Å². The topological polar surface area (TPSA) is 61.6 Å². The molecule has 2 heterocycles. The number of amides is 1. The lowest BCUT2D eigenvalue weighted by atomic mass is 9.97. The molecule has 0 saturated carbocycles. The van der Waals surface area contributed by atoms with E-state index in [-0.39, 0.29) is 5.91 Å². The van der Waals surface area contributed by atoms with Crippen molar-refractivity contribution in [1.82, 2.24) is 15.1 Å². The van der Waals surface area contributed by atoms with Gasteiger partial charge in [0.15, 0.2) is 0 Å². The zero-order chi connectivity index (χ0) is 13.9. The Hall–Kier alpha value is -0.650. The molecule has 0 radical (unpaired) electrons. The van der Waals surface area contributed by atoms with Crippen molar-refractivity contribution in [3.05, 3.63) is 0 Å². The quantitative estimate of drug-likeness (QED) is 0.737. The van der Waals surface area contributed by atoms with Crippen molar-refractivity contribution in [3.8, 4) is 0 Å². The second-order valence-corrected chi connectivity index (χ2v) is 6.18. The minimum absolute atomic E-state index is 0.257. The van der Waals surface area contributed by atoms with Crippen LogP contribution in [0.5, 0.6) is 0 Å². The summed E-state index contributed by atoms with van der Waals surface area (Å²) < 4.78 is 0. The molecule has 1 amide bonds. The van der Waals surface area contributed by atoms with Crippen LogP contribution in [0, 0.1) is 0 Å². The van der Waals surface area contributed by atoms with Crippen LogP contribution in [0.3, 0.4) is 0 Å². The zero-order valence-corrected chi connectivity index (χ0v) is 12.3. The summed E-state index contributed by atoms with van der Waals surface area (Å²) in [5.41, 5.74) is 4.90. The van der Waals surface area contributed by atoms with E-state index in [4.69, 9.17) is 5.73 Å². The normalized spacial score (nSPS) is 28.6. The highest BCUT2D eigenvalue weighted by atomic mass is 16.1. The van der Waals surface area contributed by atoms with Crippen LogP contribution < -0.4 is 11.1 Å². The Morgan fingerprint density at radius 2 is 2.11 bits per heavy atom. The highest BCUT2D eigenvalue weighted by molar-refractivity contribution is 5.84. The number of primary amides is 1. The van der Waals surface area contributed by atoms with Gasteiger partial charge in [0.1, 0.15) is 0 Å². The molecule has 5 heteroatoms. The first-order valence-electron chi connectivity index (χ1n) is 7.50. The van der Waals surface area contributed by atoms with Gasteiger partial charge in [-0.05, 0) is 59.3 Å². The van der Waals surface area contributed by atoms with Gasteiger partial charge in [-0.15, -0.1) is 0 Å². The molecule has 2 fully saturated rings. The summed E-state index contributed by atoms with van der Waals surface area (Å²) in [5, 5.41) is 3.07.